The van der Waals surface area contributed by atoms with Crippen LogP contribution in [-0.2, 0) is 11.2 Å². The molecule has 1 aromatic heterocycles. The minimum absolute atomic E-state index is 0.0380. The van der Waals surface area contributed by atoms with E-state index in [-0.39, 0.29) is 23.8 Å². The Labute approximate surface area is 167 Å². The molecular formula is C23H30N2O3. The summed E-state index contributed by atoms with van der Waals surface area (Å²) in [5, 5.41) is 3.14. The summed E-state index contributed by atoms with van der Waals surface area (Å²) in [7, 11) is 0. The molecule has 1 fully saturated rings. The highest BCUT2D eigenvalue weighted by Gasteiger charge is 2.30. The third-order valence-electron chi connectivity index (χ3n) is 5.45. The van der Waals surface area contributed by atoms with Crippen molar-refractivity contribution in [1.29, 1.82) is 0 Å². The molecule has 2 amide bonds. The summed E-state index contributed by atoms with van der Waals surface area (Å²) in [6, 6.07) is 12.2. The number of nitrogens with one attached hydrogen (secondary N) is 1. The molecule has 0 aliphatic carbocycles. The highest BCUT2D eigenvalue weighted by Crippen LogP contribution is 2.22. The largest absolute Gasteiger partial charge is 0.466 e. The molecule has 2 aromatic rings. The van der Waals surface area contributed by atoms with Crippen LogP contribution in [0.4, 0.5) is 0 Å². The lowest BCUT2D eigenvalue weighted by molar-refractivity contribution is -0.127. The van der Waals surface area contributed by atoms with E-state index < -0.39 is 0 Å². The van der Waals surface area contributed by atoms with E-state index in [0.717, 1.165) is 31.4 Å². The van der Waals surface area contributed by atoms with Gasteiger partial charge in [-0.15, -0.1) is 0 Å². The number of carbonyl (C=O) groups excluding carboxylic acids is 2. The van der Waals surface area contributed by atoms with E-state index in [1.165, 1.54) is 5.56 Å². The minimum Gasteiger partial charge on any atom is -0.466 e. The summed E-state index contributed by atoms with van der Waals surface area (Å²) < 4.78 is 5.49. The zero-order chi connectivity index (χ0) is 20.1. The highest BCUT2D eigenvalue weighted by atomic mass is 16.3. The fourth-order valence-electron chi connectivity index (χ4n) is 3.85. The van der Waals surface area contributed by atoms with Crippen LogP contribution in [0.15, 0.2) is 40.8 Å². The van der Waals surface area contributed by atoms with Gasteiger partial charge in [-0.25, -0.2) is 0 Å². The molecule has 2 atom stereocenters. The molecule has 1 N–H and O–H groups in total. The van der Waals surface area contributed by atoms with Gasteiger partial charge in [-0.2, -0.15) is 0 Å². The molecule has 0 saturated carbocycles. The van der Waals surface area contributed by atoms with E-state index in [4.69, 9.17) is 4.42 Å². The van der Waals surface area contributed by atoms with Gasteiger partial charge in [0.05, 0.1) is 11.5 Å². The number of likely N-dealkylation sites (tertiary alicyclic amines) is 1. The minimum atomic E-state index is -0.148. The number of benzene rings is 1. The second-order valence-corrected chi connectivity index (χ2v) is 7.85. The molecule has 5 heteroatoms. The van der Waals surface area contributed by atoms with Crippen LogP contribution in [0.1, 0.15) is 53.6 Å². The van der Waals surface area contributed by atoms with Crippen molar-refractivity contribution in [3.63, 3.8) is 0 Å². The lowest BCUT2D eigenvalue weighted by Gasteiger charge is -2.32. The van der Waals surface area contributed by atoms with Gasteiger partial charge >= 0.3 is 0 Å². The molecule has 0 bridgehead atoms. The number of aryl methyl sites for hydroxylation is 3. The Morgan fingerprint density at radius 3 is 2.68 bits per heavy atom. The number of rotatable bonds is 6. The fraction of sp³-hybridized carbons (Fsp3) is 0.478. The second-order valence-electron chi connectivity index (χ2n) is 7.85. The van der Waals surface area contributed by atoms with E-state index in [2.05, 4.69) is 17.4 Å². The third-order valence-corrected chi connectivity index (χ3v) is 5.45. The molecule has 3 rings (SSSR count). The van der Waals surface area contributed by atoms with Crippen LogP contribution in [0.25, 0.3) is 0 Å². The van der Waals surface area contributed by atoms with Gasteiger partial charge < -0.3 is 14.6 Å². The molecule has 0 radical (unpaired) electrons. The quantitative estimate of drug-likeness (QED) is 0.824. The number of hydrogen-bond acceptors (Lipinski definition) is 3. The first-order valence-corrected chi connectivity index (χ1v) is 10.1. The topological polar surface area (TPSA) is 62.6 Å². The second kappa shape index (κ2) is 9.09. The van der Waals surface area contributed by atoms with Gasteiger partial charge in [0.15, 0.2) is 0 Å². The predicted octanol–water partition coefficient (Wildman–Crippen LogP) is 3.89. The van der Waals surface area contributed by atoms with Gasteiger partial charge in [-0.1, -0.05) is 30.3 Å². The summed E-state index contributed by atoms with van der Waals surface area (Å²) in [6.45, 7) is 6.86. The van der Waals surface area contributed by atoms with Crippen molar-refractivity contribution in [3.05, 3.63) is 59.0 Å². The summed E-state index contributed by atoms with van der Waals surface area (Å²) in [5.74, 6) is 1.25. The molecule has 150 valence electrons. The van der Waals surface area contributed by atoms with Crippen LogP contribution in [0, 0.1) is 19.8 Å². The Morgan fingerprint density at radius 1 is 1.25 bits per heavy atom. The zero-order valence-corrected chi connectivity index (χ0v) is 17.0. The molecule has 1 aromatic carbocycles. The van der Waals surface area contributed by atoms with Crippen LogP contribution in [-0.4, -0.2) is 35.8 Å². The molecule has 1 aliphatic heterocycles. The first-order valence-electron chi connectivity index (χ1n) is 10.1. The Kier molecular flexibility index (Phi) is 6.55. The van der Waals surface area contributed by atoms with Gasteiger partial charge in [0.25, 0.3) is 5.91 Å². The number of furan rings is 1. The van der Waals surface area contributed by atoms with Crippen LogP contribution in [0.3, 0.4) is 0 Å². The Hall–Kier alpha value is -2.56. The maximum absolute atomic E-state index is 12.8. The molecular weight excluding hydrogens is 352 g/mol. The number of hydrogen-bond donors (Lipinski definition) is 1. The molecule has 1 aliphatic rings. The van der Waals surface area contributed by atoms with Gasteiger partial charge in [0.2, 0.25) is 5.91 Å². The molecule has 0 spiro atoms. The first kappa shape index (κ1) is 20.2. The monoisotopic (exact) mass is 382 g/mol. The molecule has 0 unspecified atom stereocenters. The van der Waals surface area contributed by atoms with Crippen molar-refractivity contribution in [3.8, 4) is 0 Å². The number of nitrogens with zero attached hydrogens (tertiary/aromatic N) is 1. The van der Waals surface area contributed by atoms with Crippen molar-refractivity contribution in [2.24, 2.45) is 5.92 Å². The number of carbonyl (C=O) groups is 2. The standard InChI is InChI=1S/C23H30N2O3/c1-16(11-12-19-8-5-4-6-9-19)24-22(26)20-10-7-13-25(15-20)23(27)21-14-17(2)28-18(21)3/h4-6,8-9,14,16,20H,7,10-13,15H2,1-3H3,(H,24,26)/t16-,20-/m0/s1. The molecule has 5 nitrogen and oxygen atoms in total. The lowest BCUT2D eigenvalue weighted by Crippen LogP contribution is -2.47. The van der Waals surface area contributed by atoms with Crippen molar-refractivity contribution < 1.29 is 14.0 Å². The van der Waals surface area contributed by atoms with Crippen molar-refractivity contribution in [1.82, 2.24) is 10.2 Å². The highest BCUT2D eigenvalue weighted by molar-refractivity contribution is 5.95. The summed E-state index contributed by atoms with van der Waals surface area (Å²) in [6.07, 6.45) is 3.51. The van der Waals surface area contributed by atoms with E-state index >= 15 is 0 Å². The number of amides is 2. The van der Waals surface area contributed by atoms with Crippen LogP contribution < -0.4 is 5.32 Å². The normalized spacial score (nSPS) is 18.0. The SMILES string of the molecule is Cc1cc(C(=O)N2CCC[C@H](C(=O)N[C@@H](C)CCc3ccccc3)C2)c(C)o1. The molecule has 2 heterocycles. The fourth-order valence-corrected chi connectivity index (χ4v) is 3.85. The maximum atomic E-state index is 12.8. The summed E-state index contributed by atoms with van der Waals surface area (Å²) in [5.41, 5.74) is 1.89. The maximum Gasteiger partial charge on any atom is 0.257 e. The summed E-state index contributed by atoms with van der Waals surface area (Å²) in [4.78, 5) is 27.3. The van der Waals surface area contributed by atoms with Crippen molar-refractivity contribution in [2.75, 3.05) is 13.1 Å². The lowest BCUT2D eigenvalue weighted by atomic mass is 9.95. The Bertz CT molecular complexity index is 813. The summed E-state index contributed by atoms with van der Waals surface area (Å²) >= 11 is 0. The average molecular weight is 383 g/mol. The number of piperidine rings is 1. The van der Waals surface area contributed by atoms with Crippen LogP contribution >= 0.6 is 0 Å². The molecule has 28 heavy (non-hydrogen) atoms. The average Bonchev–Trinajstić information content (AvgIpc) is 3.04. The van der Waals surface area contributed by atoms with E-state index in [1.807, 2.05) is 39.0 Å². The zero-order valence-electron chi connectivity index (χ0n) is 17.0. The van der Waals surface area contributed by atoms with Gasteiger partial charge in [-0.3, -0.25) is 9.59 Å². The third kappa shape index (κ3) is 5.03. The molecule has 1 saturated heterocycles. The van der Waals surface area contributed by atoms with Crippen LogP contribution in [0.5, 0.6) is 0 Å². The van der Waals surface area contributed by atoms with Crippen molar-refractivity contribution >= 4 is 11.8 Å². The van der Waals surface area contributed by atoms with Gasteiger partial charge in [0.1, 0.15) is 11.5 Å². The predicted molar refractivity (Wildman–Crippen MR) is 109 cm³/mol. The Morgan fingerprint density at radius 2 is 2.00 bits per heavy atom. The Balaban J connectivity index is 1.52. The van der Waals surface area contributed by atoms with Crippen LogP contribution in [0.2, 0.25) is 0 Å². The van der Waals surface area contributed by atoms with E-state index in [0.29, 0.717) is 24.4 Å². The van der Waals surface area contributed by atoms with Gasteiger partial charge in [-0.05, 0) is 58.1 Å². The van der Waals surface area contributed by atoms with Gasteiger partial charge in [0, 0.05) is 19.1 Å². The van der Waals surface area contributed by atoms with E-state index in [1.54, 1.807) is 11.0 Å². The first-order chi connectivity index (χ1) is 13.4. The van der Waals surface area contributed by atoms with Crippen molar-refractivity contribution in [2.45, 2.75) is 52.5 Å². The van der Waals surface area contributed by atoms with E-state index in [9.17, 15) is 9.59 Å². The smallest absolute Gasteiger partial charge is 0.257 e.